The van der Waals surface area contributed by atoms with E-state index < -0.39 is 23.6 Å². The van der Waals surface area contributed by atoms with Gasteiger partial charge in [0.2, 0.25) is 5.91 Å². The Morgan fingerprint density at radius 2 is 1.74 bits per heavy atom. The molecule has 1 aliphatic rings. The highest BCUT2D eigenvalue weighted by Gasteiger charge is 2.31. The molecule has 0 radical (unpaired) electrons. The number of carbonyl (C=O) groups excluding carboxylic acids is 1. The van der Waals surface area contributed by atoms with Crippen molar-refractivity contribution in [1.29, 1.82) is 0 Å². The van der Waals surface area contributed by atoms with Crippen LogP contribution in [0.2, 0.25) is 0 Å². The minimum atomic E-state index is -4.38. The molecule has 7 heteroatoms. The monoisotopic (exact) mass is 329 g/mol. The first-order chi connectivity index (χ1) is 10.8. The summed E-state index contributed by atoms with van der Waals surface area (Å²) in [5.41, 5.74) is -0.166. The van der Waals surface area contributed by atoms with Crippen molar-refractivity contribution in [3.05, 3.63) is 35.4 Å². The average molecular weight is 329 g/mol. The van der Waals surface area contributed by atoms with Crippen molar-refractivity contribution in [2.75, 3.05) is 0 Å². The molecule has 0 bridgehead atoms. The summed E-state index contributed by atoms with van der Waals surface area (Å²) < 4.78 is 37.4. The number of hydrogen-bond donors (Lipinski definition) is 2. The van der Waals surface area contributed by atoms with E-state index in [9.17, 15) is 22.8 Å². The predicted octanol–water partition coefficient (Wildman–Crippen LogP) is 3.21. The lowest BCUT2D eigenvalue weighted by Crippen LogP contribution is -2.35. The summed E-state index contributed by atoms with van der Waals surface area (Å²) in [6.07, 6.45) is -2.15. The van der Waals surface area contributed by atoms with E-state index in [4.69, 9.17) is 5.11 Å². The van der Waals surface area contributed by atoms with Crippen LogP contribution in [0.4, 0.5) is 13.2 Å². The summed E-state index contributed by atoms with van der Waals surface area (Å²) in [6.45, 7) is 0.130. The summed E-state index contributed by atoms with van der Waals surface area (Å²) in [5.74, 6) is -1.97. The standard InChI is InChI=1S/C16H18F3NO3/c17-16(18,19)13-6-4-10(5-7-13)9-20-14(21)11-2-1-3-12(8-11)15(22)23/h4-7,11-12H,1-3,8-9H2,(H,20,21)(H,22,23). The van der Waals surface area contributed by atoms with Gasteiger partial charge in [-0.1, -0.05) is 18.6 Å². The van der Waals surface area contributed by atoms with Gasteiger partial charge in [-0.25, -0.2) is 0 Å². The first-order valence-electron chi connectivity index (χ1n) is 7.44. The lowest BCUT2D eigenvalue weighted by Gasteiger charge is -2.25. The van der Waals surface area contributed by atoms with E-state index in [-0.39, 0.29) is 18.4 Å². The lowest BCUT2D eigenvalue weighted by atomic mass is 9.81. The first-order valence-corrected chi connectivity index (χ1v) is 7.44. The van der Waals surface area contributed by atoms with Crippen LogP contribution in [-0.2, 0) is 22.3 Å². The van der Waals surface area contributed by atoms with Gasteiger partial charge in [-0.3, -0.25) is 9.59 Å². The Labute approximate surface area is 131 Å². The topological polar surface area (TPSA) is 66.4 Å². The van der Waals surface area contributed by atoms with Crippen LogP contribution >= 0.6 is 0 Å². The van der Waals surface area contributed by atoms with Crippen molar-refractivity contribution in [2.45, 2.75) is 38.4 Å². The quantitative estimate of drug-likeness (QED) is 0.891. The molecule has 1 saturated carbocycles. The Morgan fingerprint density at radius 3 is 2.30 bits per heavy atom. The van der Waals surface area contributed by atoms with E-state index >= 15 is 0 Å². The highest BCUT2D eigenvalue weighted by molar-refractivity contribution is 5.80. The molecule has 1 fully saturated rings. The fraction of sp³-hybridized carbons (Fsp3) is 0.500. The first kappa shape index (κ1) is 17.3. The maximum atomic E-state index is 12.5. The number of nitrogens with one attached hydrogen (secondary N) is 1. The van der Waals surface area contributed by atoms with Crippen molar-refractivity contribution in [3.63, 3.8) is 0 Å². The zero-order valence-electron chi connectivity index (χ0n) is 12.4. The van der Waals surface area contributed by atoms with Gasteiger partial charge in [-0.2, -0.15) is 13.2 Å². The van der Waals surface area contributed by atoms with E-state index in [2.05, 4.69) is 5.32 Å². The molecule has 126 valence electrons. The molecule has 2 unspecified atom stereocenters. The van der Waals surface area contributed by atoms with E-state index in [1.807, 2.05) is 0 Å². The second-order valence-electron chi connectivity index (χ2n) is 5.81. The van der Waals surface area contributed by atoms with Crippen LogP contribution in [0.15, 0.2) is 24.3 Å². The molecular weight excluding hydrogens is 311 g/mol. The number of aliphatic carboxylic acids is 1. The number of halogens is 3. The summed E-state index contributed by atoms with van der Waals surface area (Å²) >= 11 is 0. The van der Waals surface area contributed by atoms with Gasteiger partial charge in [0.15, 0.2) is 0 Å². The minimum Gasteiger partial charge on any atom is -0.481 e. The zero-order valence-corrected chi connectivity index (χ0v) is 12.4. The van der Waals surface area contributed by atoms with Crippen LogP contribution in [0.5, 0.6) is 0 Å². The normalized spacial score (nSPS) is 21.7. The number of carboxylic acids is 1. The Morgan fingerprint density at radius 1 is 1.13 bits per heavy atom. The van der Waals surface area contributed by atoms with E-state index in [0.29, 0.717) is 31.2 Å². The Balaban J connectivity index is 1.88. The minimum absolute atomic E-state index is 0.130. The Bertz CT molecular complexity index is 569. The molecule has 1 aromatic rings. The van der Waals surface area contributed by atoms with E-state index in [0.717, 1.165) is 12.1 Å². The van der Waals surface area contributed by atoms with Gasteiger partial charge < -0.3 is 10.4 Å². The molecule has 4 nitrogen and oxygen atoms in total. The third-order valence-corrected chi connectivity index (χ3v) is 4.14. The summed E-state index contributed by atoms with van der Waals surface area (Å²) in [4.78, 5) is 23.1. The summed E-state index contributed by atoms with van der Waals surface area (Å²) in [6, 6.07) is 4.60. The fourth-order valence-electron chi connectivity index (χ4n) is 2.80. The Hall–Kier alpha value is -2.05. The number of amides is 1. The van der Waals surface area contributed by atoms with Crippen molar-refractivity contribution < 1.29 is 27.9 Å². The molecule has 2 atom stereocenters. The summed E-state index contributed by atoms with van der Waals surface area (Å²) in [7, 11) is 0. The molecule has 0 heterocycles. The van der Waals surface area contributed by atoms with Gasteiger partial charge in [0.25, 0.3) is 0 Å². The average Bonchev–Trinajstić information content (AvgIpc) is 2.52. The lowest BCUT2D eigenvalue weighted by molar-refractivity contribution is -0.144. The van der Waals surface area contributed by atoms with Gasteiger partial charge in [0.1, 0.15) is 0 Å². The van der Waals surface area contributed by atoms with Crippen molar-refractivity contribution in [1.82, 2.24) is 5.32 Å². The molecule has 23 heavy (non-hydrogen) atoms. The maximum Gasteiger partial charge on any atom is 0.416 e. The number of benzene rings is 1. The van der Waals surface area contributed by atoms with Gasteiger partial charge in [0, 0.05) is 12.5 Å². The SMILES string of the molecule is O=C(O)C1CCCC(C(=O)NCc2ccc(C(F)(F)F)cc2)C1. The van der Waals surface area contributed by atoms with Gasteiger partial charge in [-0.15, -0.1) is 0 Å². The number of hydrogen-bond acceptors (Lipinski definition) is 2. The molecule has 0 aromatic heterocycles. The van der Waals surface area contributed by atoms with Crippen molar-refractivity contribution in [2.24, 2.45) is 11.8 Å². The number of rotatable bonds is 4. The number of carbonyl (C=O) groups is 2. The molecule has 0 spiro atoms. The second-order valence-corrected chi connectivity index (χ2v) is 5.81. The number of carboxylic acid groups (broad SMARTS) is 1. The van der Waals surface area contributed by atoms with Crippen LogP contribution < -0.4 is 5.32 Å². The third kappa shape index (κ3) is 4.71. The number of alkyl halides is 3. The smallest absolute Gasteiger partial charge is 0.416 e. The molecule has 0 aliphatic heterocycles. The highest BCUT2D eigenvalue weighted by Crippen LogP contribution is 2.30. The van der Waals surface area contributed by atoms with Gasteiger partial charge in [0.05, 0.1) is 11.5 Å². The van der Waals surface area contributed by atoms with Crippen LogP contribution in [0.3, 0.4) is 0 Å². The molecule has 2 rings (SSSR count). The molecule has 1 amide bonds. The second kappa shape index (κ2) is 7.02. The Kier molecular flexibility index (Phi) is 5.28. The predicted molar refractivity (Wildman–Crippen MR) is 76.4 cm³/mol. The molecule has 2 N–H and O–H groups in total. The summed E-state index contributed by atoms with van der Waals surface area (Å²) in [5, 5.41) is 11.7. The van der Waals surface area contributed by atoms with Crippen molar-refractivity contribution in [3.8, 4) is 0 Å². The molecule has 0 saturated heterocycles. The van der Waals surface area contributed by atoms with Crippen LogP contribution in [0, 0.1) is 11.8 Å². The largest absolute Gasteiger partial charge is 0.481 e. The van der Waals surface area contributed by atoms with E-state index in [1.54, 1.807) is 0 Å². The van der Waals surface area contributed by atoms with Crippen LogP contribution in [0.1, 0.15) is 36.8 Å². The molecule has 1 aromatic carbocycles. The highest BCUT2D eigenvalue weighted by atomic mass is 19.4. The van der Waals surface area contributed by atoms with Crippen molar-refractivity contribution >= 4 is 11.9 Å². The molecular formula is C16H18F3NO3. The van der Waals surface area contributed by atoms with Crippen LogP contribution in [-0.4, -0.2) is 17.0 Å². The fourth-order valence-corrected chi connectivity index (χ4v) is 2.80. The third-order valence-electron chi connectivity index (χ3n) is 4.14. The maximum absolute atomic E-state index is 12.5. The van der Waals surface area contributed by atoms with Gasteiger partial charge >= 0.3 is 12.1 Å². The van der Waals surface area contributed by atoms with Crippen LogP contribution in [0.25, 0.3) is 0 Å². The molecule has 1 aliphatic carbocycles. The van der Waals surface area contributed by atoms with Gasteiger partial charge in [-0.05, 0) is 37.0 Å². The van der Waals surface area contributed by atoms with E-state index in [1.165, 1.54) is 12.1 Å². The zero-order chi connectivity index (χ0) is 17.0.